The van der Waals surface area contributed by atoms with E-state index in [-0.39, 0.29) is 6.89 Å². The summed E-state index contributed by atoms with van der Waals surface area (Å²) < 4.78 is 3.49. The fourth-order valence-corrected chi connectivity index (χ4v) is 4.60. The van der Waals surface area contributed by atoms with Crippen molar-refractivity contribution in [3.8, 4) is 0 Å². The minimum absolute atomic E-state index is 0.118. The lowest BCUT2D eigenvalue weighted by Crippen LogP contribution is -1.81. The Morgan fingerprint density at radius 3 is 2.57 bits per heavy atom. The molecule has 0 saturated carbocycles. The van der Waals surface area contributed by atoms with Gasteiger partial charge in [-0.2, -0.15) is 0 Å². The molecular formula is C11H10NPS. The van der Waals surface area contributed by atoms with Gasteiger partial charge >= 0.3 is 0 Å². The summed E-state index contributed by atoms with van der Waals surface area (Å²) in [7, 11) is 0. The number of hydrogen-bond acceptors (Lipinski definition) is 1. The number of fused-ring (bicyclic) bond motifs is 2. The number of hydrogen-bond donors (Lipinski definition) is 1. The van der Waals surface area contributed by atoms with Crippen molar-refractivity contribution >= 4 is 39.7 Å². The van der Waals surface area contributed by atoms with Crippen LogP contribution in [0.1, 0.15) is 0 Å². The Balaban J connectivity index is 2.37. The molecular weight excluding hydrogens is 209 g/mol. The van der Waals surface area contributed by atoms with E-state index in [2.05, 4.69) is 47.4 Å². The lowest BCUT2D eigenvalue weighted by Gasteiger charge is -2.11. The van der Waals surface area contributed by atoms with Crippen molar-refractivity contribution in [2.75, 3.05) is 6.26 Å². The van der Waals surface area contributed by atoms with Crippen LogP contribution in [0.4, 0.5) is 0 Å². The first-order valence-electron chi connectivity index (χ1n) is 4.52. The van der Waals surface area contributed by atoms with E-state index in [0.717, 1.165) is 0 Å². The van der Waals surface area contributed by atoms with Crippen LogP contribution in [0.3, 0.4) is 0 Å². The molecule has 1 atom stereocenters. The summed E-state index contributed by atoms with van der Waals surface area (Å²) in [6.07, 6.45) is 2.16. The number of aromatic nitrogens is 1. The molecule has 0 aliphatic rings. The van der Waals surface area contributed by atoms with E-state index in [0.29, 0.717) is 0 Å². The van der Waals surface area contributed by atoms with Crippen LogP contribution in [0.15, 0.2) is 36.4 Å². The molecule has 2 aromatic carbocycles. The largest absolute Gasteiger partial charge is 0.336 e. The van der Waals surface area contributed by atoms with Crippen LogP contribution in [0.5, 0.6) is 0 Å². The van der Waals surface area contributed by atoms with E-state index < -0.39 is 0 Å². The van der Waals surface area contributed by atoms with Crippen LogP contribution in [0.2, 0.25) is 0 Å². The van der Waals surface area contributed by atoms with Gasteiger partial charge in [-0.3, -0.25) is 0 Å². The molecule has 1 unspecified atom stereocenters. The zero-order chi connectivity index (χ0) is 9.54. The number of nitrogens with one attached hydrogen (secondary N) is 1. The third-order valence-corrected chi connectivity index (χ3v) is 6.06. The SMILES string of the molecule is CSp1[nH]c2cc3ccccc3cc21. The highest BCUT2D eigenvalue weighted by Gasteiger charge is 2.06. The molecule has 0 saturated heterocycles. The fraction of sp³-hybridized carbons (Fsp3) is 0.0909. The van der Waals surface area contributed by atoms with Gasteiger partial charge in [0.2, 0.25) is 0 Å². The van der Waals surface area contributed by atoms with Gasteiger partial charge in [-0.1, -0.05) is 35.6 Å². The van der Waals surface area contributed by atoms with Crippen LogP contribution in [0, 0.1) is 0 Å². The van der Waals surface area contributed by atoms with E-state index in [1.54, 1.807) is 0 Å². The number of benzene rings is 2. The molecule has 1 N–H and O–H groups in total. The van der Waals surface area contributed by atoms with Gasteiger partial charge in [0.1, 0.15) is 0 Å². The first kappa shape index (κ1) is 8.46. The Morgan fingerprint density at radius 1 is 1.14 bits per heavy atom. The van der Waals surface area contributed by atoms with Gasteiger partial charge in [0, 0.05) is 12.0 Å². The highest BCUT2D eigenvalue weighted by molar-refractivity contribution is 8.53. The lowest BCUT2D eigenvalue weighted by molar-refractivity contribution is 1.64. The van der Waals surface area contributed by atoms with Crippen molar-refractivity contribution in [2.24, 2.45) is 0 Å². The van der Waals surface area contributed by atoms with Crippen molar-refractivity contribution in [1.82, 2.24) is 4.75 Å². The van der Waals surface area contributed by atoms with Crippen LogP contribution in [-0.4, -0.2) is 11.0 Å². The molecule has 3 aromatic rings. The maximum absolute atomic E-state index is 3.49. The molecule has 0 spiro atoms. The maximum Gasteiger partial charge on any atom is 0.0558 e. The van der Waals surface area contributed by atoms with Gasteiger partial charge < -0.3 is 4.75 Å². The second-order valence-electron chi connectivity index (χ2n) is 3.31. The Hall–Kier alpha value is -0.850. The number of rotatable bonds is 1. The molecule has 1 heterocycles. The molecule has 0 bridgehead atoms. The lowest BCUT2D eigenvalue weighted by atomic mass is 10.1. The molecule has 0 aliphatic heterocycles. The third-order valence-electron chi connectivity index (χ3n) is 2.49. The van der Waals surface area contributed by atoms with Gasteiger partial charge in [0.15, 0.2) is 0 Å². The first-order valence-corrected chi connectivity index (χ1v) is 7.69. The average Bonchev–Trinajstić information content (AvgIpc) is 2.21. The fourth-order valence-electron chi connectivity index (χ4n) is 1.75. The van der Waals surface area contributed by atoms with Gasteiger partial charge in [0.05, 0.1) is 5.52 Å². The first-order chi connectivity index (χ1) is 6.88. The minimum atomic E-state index is -0.118. The minimum Gasteiger partial charge on any atom is -0.336 e. The Kier molecular flexibility index (Phi) is 1.86. The highest BCUT2D eigenvalue weighted by Crippen LogP contribution is 2.48. The number of H-pyrrole nitrogens is 1. The summed E-state index contributed by atoms with van der Waals surface area (Å²) in [5.74, 6) is 0. The molecule has 0 radical (unpaired) electrons. The van der Waals surface area contributed by atoms with Crippen LogP contribution < -0.4 is 0 Å². The van der Waals surface area contributed by atoms with Crippen LogP contribution >= 0.6 is 18.3 Å². The molecule has 0 amide bonds. The van der Waals surface area contributed by atoms with E-state index in [4.69, 9.17) is 0 Å². The number of aromatic amines is 1. The predicted octanol–water partition coefficient (Wildman–Crippen LogP) is 4.43. The summed E-state index contributed by atoms with van der Waals surface area (Å²) in [4.78, 5) is 0. The molecule has 3 rings (SSSR count). The molecule has 0 aliphatic carbocycles. The molecule has 1 nitrogen and oxygen atoms in total. The predicted molar refractivity (Wildman–Crippen MR) is 67.4 cm³/mol. The van der Waals surface area contributed by atoms with Crippen molar-refractivity contribution in [3.05, 3.63) is 36.4 Å². The molecule has 0 fully saturated rings. The van der Waals surface area contributed by atoms with E-state index in [1.165, 1.54) is 21.4 Å². The Bertz CT molecular complexity index is 593. The second-order valence-corrected chi connectivity index (χ2v) is 7.16. The van der Waals surface area contributed by atoms with E-state index in [1.807, 2.05) is 11.4 Å². The van der Waals surface area contributed by atoms with Crippen LogP contribution in [-0.2, 0) is 0 Å². The quantitative estimate of drug-likeness (QED) is 0.640. The van der Waals surface area contributed by atoms with Gasteiger partial charge in [0.25, 0.3) is 0 Å². The monoisotopic (exact) mass is 219 g/mol. The van der Waals surface area contributed by atoms with Crippen molar-refractivity contribution < 1.29 is 0 Å². The third kappa shape index (κ3) is 1.11. The Labute approximate surface area is 87.4 Å². The summed E-state index contributed by atoms with van der Waals surface area (Å²) in [6, 6.07) is 13.1. The molecule has 14 heavy (non-hydrogen) atoms. The summed E-state index contributed by atoms with van der Waals surface area (Å²) in [6.45, 7) is -0.118. The topological polar surface area (TPSA) is 15.8 Å². The van der Waals surface area contributed by atoms with E-state index in [9.17, 15) is 0 Å². The Morgan fingerprint density at radius 2 is 1.86 bits per heavy atom. The van der Waals surface area contributed by atoms with E-state index >= 15 is 0 Å². The summed E-state index contributed by atoms with van der Waals surface area (Å²) in [5, 5.41) is 4.19. The summed E-state index contributed by atoms with van der Waals surface area (Å²) >= 11 is 1.92. The average molecular weight is 219 g/mol. The van der Waals surface area contributed by atoms with Gasteiger partial charge in [-0.15, -0.1) is 0 Å². The van der Waals surface area contributed by atoms with Crippen molar-refractivity contribution in [1.29, 1.82) is 0 Å². The van der Waals surface area contributed by atoms with Gasteiger partial charge in [-0.05, 0) is 29.2 Å². The van der Waals surface area contributed by atoms with Crippen molar-refractivity contribution in [2.45, 2.75) is 0 Å². The molecule has 70 valence electrons. The second kappa shape index (κ2) is 3.08. The zero-order valence-corrected chi connectivity index (χ0v) is 9.53. The summed E-state index contributed by atoms with van der Waals surface area (Å²) in [5.41, 5.74) is 1.32. The zero-order valence-electron chi connectivity index (χ0n) is 7.82. The van der Waals surface area contributed by atoms with Crippen LogP contribution in [0.25, 0.3) is 21.4 Å². The maximum atomic E-state index is 3.49. The smallest absolute Gasteiger partial charge is 0.0558 e. The molecule has 1 aromatic heterocycles. The normalized spacial score (nSPS) is 12.8. The standard InChI is InChI=1S/C11H10NPS/c1-14-13-11-7-9-5-3-2-4-8(9)6-10(11)12-13/h2-7,12H,1H3. The van der Waals surface area contributed by atoms with Crippen molar-refractivity contribution in [3.63, 3.8) is 0 Å². The van der Waals surface area contributed by atoms with Gasteiger partial charge in [-0.25, -0.2) is 0 Å². The molecule has 3 heteroatoms. The highest BCUT2D eigenvalue weighted by atomic mass is 32.7.